The molecule has 3 nitrogen and oxygen atoms in total. The third kappa shape index (κ3) is 3.71. The number of methoxy groups -OCH3 is 1. The van der Waals surface area contributed by atoms with E-state index < -0.39 is 0 Å². The summed E-state index contributed by atoms with van der Waals surface area (Å²) in [5.74, 6) is 1.67. The fourth-order valence-electron chi connectivity index (χ4n) is 3.86. The van der Waals surface area contributed by atoms with Crippen LogP contribution < -0.4 is 5.32 Å². The summed E-state index contributed by atoms with van der Waals surface area (Å²) in [7, 11) is 4.01. The summed E-state index contributed by atoms with van der Waals surface area (Å²) in [4.78, 5) is 0. The minimum atomic E-state index is 0.0690. The lowest BCUT2D eigenvalue weighted by molar-refractivity contribution is -0.0810. The Labute approximate surface area is 118 Å². The topological polar surface area (TPSA) is 30.5 Å². The van der Waals surface area contributed by atoms with Gasteiger partial charge in [-0.15, -0.1) is 0 Å². The van der Waals surface area contributed by atoms with Crippen molar-refractivity contribution in [2.75, 3.05) is 27.4 Å². The monoisotopic (exact) mass is 269 g/mol. The summed E-state index contributed by atoms with van der Waals surface area (Å²) in [6.07, 6.45) is 8.70. The molecule has 1 saturated heterocycles. The van der Waals surface area contributed by atoms with Crippen LogP contribution in [0.4, 0.5) is 0 Å². The molecule has 0 aromatic heterocycles. The van der Waals surface area contributed by atoms with Crippen LogP contribution in [0.15, 0.2) is 0 Å². The van der Waals surface area contributed by atoms with Crippen LogP contribution in [-0.2, 0) is 9.47 Å². The lowest BCUT2D eigenvalue weighted by Crippen LogP contribution is -2.53. The number of likely N-dealkylation sites (N-methyl/N-ethyl adjacent to an activating group) is 1. The fourth-order valence-corrected chi connectivity index (χ4v) is 3.86. The number of nitrogens with one attached hydrogen (secondary N) is 1. The van der Waals surface area contributed by atoms with Gasteiger partial charge in [-0.3, -0.25) is 0 Å². The predicted molar refractivity (Wildman–Crippen MR) is 78.4 cm³/mol. The molecule has 1 heterocycles. The number of rotatable bonds is 5. The molecule has 0 aromatic rings. The Morgan fingerprint density at radius 3 is 2.37 bits per heavy atom. The molecule has 0 bridgehead atoms. The first kappa shape index (κ1) is 15.3. The van der Waals surface area contributed by atoms with E-state index in [1.54, 1.807) is 0 Å². The summed E-state index contributed by atoms with van der Waals surface area (Å²) in [5.41, 5.74) is 0.0690. The van der Waals surface area contributed by atoms with E-state index in [2.05, 4.69) is 19.3 Å². The maximum absolute atomic E-state index is 6.03. The van der Waals surface area contributed by atoms with Gasteiger partial charge in [-0.05, 0) is 63.8 Å². The van der Waals surface area contributed by atoms with E-state index in [0.717, 1.165) is 25.0 Å². The molecule has 1 atom stereocenters. The molecular formula is C16H31NO2. The summed E-state index contributed by atoms with van der Waals surface area (Å²) in [6.45, 7) is 4.25. The second-order valence-corrected chi connectivity index (χ2v) is 6.58. The van der Waals surface area contributed by atoms with Crippen LogP contribution in [0.25, 0.3) is 0 Å². The van der Waals surface area contributed by atoms with Crippen molar-refractivity contribution in [3.63, 3.8) is 0 Å². The van der Waals surface area contributed by atoms with Crippen LogP contribution in [0.3, 0.4) is 0 Å². The molecular weight excluding hydrogens is 238 g/mol. The van der Waals surface area contributed by atoms with Crippen molar-refractivity contribution >= 4 is 0 Å². The standard InChI is InChI=1S/C16H31NO2/c1-13-4-8-16(18-3,9-5-13)15(17-2)12-14-6-10-19-11-7-14/h13-15,17H,4-12H2,1-3H3. The second kappa shape index (κ2) is 7.05. The van der Waals surface area contributed by atoms with E-state index >= 15 is 0 Å². The summed E-state index contributed by atoms with van der Waals surface area (Å²) < 4.78 is 11.5. The van der Waals surface area contributed by atoms with E-state index in [1.165, 1.54) is 44.9 Å². The van der Waals surface area contributed by atoms with Crippen molar-refractivity contribution in [2.24, 2.45) is 11.8 Å². The zero-order valence-electron chi connectivity index (χ0n) is 12.9. The minimum Gasteiger partial charge on any atom is -0.381 e. The van der Waals surface area contributed by atoms with E-state index in [1.807, 2.05) is 7.11 Å². The molecule has 112 valence electrons. The molecule has 0 amide bonds. The highest BCUT2D eigenvalue weighted by Crippen LogP contribution is 2.39. The zero-order valence-corrected chi connectivity index (χ0v) is 12.9. The van der Waals surface area contributed by atoms with Crippen LogP contribution in [-0.4, -0.2) is 39.0 Å². The van der Waals surface area contributed by atoms with E-state index in [4.69, 9.17) is 9.47 Å². The minimum absolute atomic E-state index is 0.0690. The maximum atomic E-state index is 6.03. The lowest BCUT2D eigenvalue weighted by atomic mass is 9.72. The average Bonchev–Trinajstić information content (AvgIpc) is 2.47. The molecule has 2 rings (SSSR count). The molecule has 1 N–H and O–H groups in total. The Morgan fingerprint density at radius 2 is 1.84 bits per heavy atom. The van der Waals surface area contributed by atoms with Gasteiger partial charge < -0.3 is 14.8 Å². The van der Waals surface area contributed by atoms with Crippen molar-refractivity contribution in [1.29, 1.82) is 0 Å². The van der Waals surface area contributed by atoms with Crippen molar-refractivity contribution in [3.05, 3.63) is 0 Å². The van der Waals surface area contributed by atoms with Gasteiger partial charge in [0.25, 0.3) is 0 Å². The van der Waals surface area contributed by atoms with Gasteiger partial charge in [-0.2, -0.15) is 0 Å². The Balaban J connectivity index is 1.97. The molecule has 1 unspecified atom stereocenters. The van der Waals surface area contributed by atoms with Crippen LogP contribution in [0.2, 0.25) is 0 Å². The van der Waals surface area contributed by atoms with Crippen molar-refractivity contribution in [2.45, 2.75) is 63.5 Å². The molecule has 2 fully saturated rings. The molecule has 19 heavy (non-hydrogen) atoms. The first-order chi connectivity index (χ1) is 9.20. The van der Waals surface area contributed by atoms with Gasteiger partial charge in [0.1, 0.15) is 0 Å². The Morgan fingerprint density at radius 1 is 1.21 bits per heavy atom. The number of hydrogen-bond donors (Lipinski definition) is 1. The Bertz CT molecular complexity index is 255. The molecule has 2 aliphatic rings. The summed E-state index contributed by atoms with van der Waals surface area (Å²) in [5, 5.41) is 3.56. The third-order valence-electron chi connectivity index (χ3n) is 5.42. The molecule has 0 radical (unpaired) electrons. The normalized spacial score (nSPS) is 35.2. The second-order valence-electron chi connectivity index (χ2n) is 6.58. The third-order valence-corrected chi connectivity index (χ3v) is 5.42. The Kier molecular flexibility index (Phi) is 5.67. The van der Waals surface area contributed by atoms with E-state index in [9.17, 15) is 0 Å². The molecule has 1 saturated carbocycles. The first-order valence-electron chi connectivity index (χ1n) is 8.00. The summed E-state index contributed by atoms with van der Waals surface area (Å²) in [6, 6.07) is 0.494. The van der Waals surface area contributed by atoms with Crippen LogP contribution >= 0.6 is 0 Å². The van der Waals surface area contributed by atoms with Gasteiger partial charge in [-0.25, -0.2) is 0 Å². The van der Waals surface area contributed by atoms with E-state index in [-0.39, 0.29) is 5.60 Å². The van der Waals surface area contributed by atoms with Crippen molar-refractivity contribution in [1.82, 2.24) is 5.32 Å². The molecule has 3 heteroatoms. The highest BCUT2D eigenvalue weighted by molar-refractivity contribution is 4.97. The predicted octanol–water partition coefficient (Wildman–Crippen LogP) is 2.99. The highest BCUT2D eigenvalue weighted by Gasteiger charge is 2.41. The van der Waals surface area contributed by atoms with Crippen molar-refractivity contribution < 1.29 is 9.47 Å². The van der Waals surface area contributed by atoms with E-state index in [0.29, 0.717) is 6.04 Å². The number of hydrogen-bond acceptors (Lipinski definition) is 3. The Hall–Kier alpha value is -0.120. The molecule has 0 aromatic carbocycles. The molecule has 0 spiro atoms. The highest BCUT2D eigenvalue weighted by atomic mass is 16.5. The largest absolute Gasteiger partial charge is 0.381 e. The average molecular weight is 269 g/mol. The zero-order chi connectivity index (χ0) is 13.7. The summed E-state index contributed by atoms with van der Waals surface area (Å²) >= 11 is 0. The molecule has 1 aliphatic carbocycles. The van der Waals surface area contributed by atoms with Crippen molar-refractivity contribution in [3.8, 4) is 0 Å². The van der Waals surface area contributed by atoms with Gasteiger partial charge in [0.2, 0.25) is 0 Å². The smallest absolute Gasteiger partial charge is 0.0831 e. The van der Waals surface area contributed by atoms with Gasteiger partial charge in [0, 0.05) is 26.4 Å². The van der Waals surface area contributed by atoms with Crippen LogP contribution in [0, 0.1) is 11.8 Å². The number of ether oxygens (including phenoxy) is 2. The van der Waals surface area contributed by atoms with Crippen LogP contribution in [0.1, 0.15) is 51.9 Å². The fraction of sp³-hybridized carbons (Fsp3) is 1.00. The maximum Gasteiger partial charge on any atom is 0.0831 e. The van der Waals surface area contributed by atoms with Gasteiger partial charge >= 0.3 is 0 Å². The SMILES string of the molecule is CNC(CC1CCOCC1)C1(OC)CCC(C)CC1. The van der Waals surface area contributed by atoms with Crippen LogP contribution in [0.5, 0.6) is 0 Å². The quantitative estimate of drug-likeness (QED) is 0.832. The first-order valence-corrected chi connectivity index (χ1v) is 8.00. The van der Waals surface area contributed by atoms with Gasteiger partial charge in [-0.1, -0.05) is 6.92 Å². The molecule has 1 aliphatic heterocycles. The van der Waals surface area contributed by atoms with Gasteiger partial charge in [0.05, 0.1) is 5.60 Å². The van der Waals surface area contributed by atoms with Gasteiger partial charge in [0.15, 0.2) is 0 Å². The lowest BCUT2D eigenvalue weighted by Gasteiger charge is -2.45.